The fourth-order valence-corrected chi connectivity index (χ4v) is 1.62. The van der Waals surface area contributed by atoms with E-state index in [2.05, 4.69) is 10.3 Å². The second-order valence-electron chi connectivity index (χ2n) is 3.97. The molecule has 2 aromatic rings. The molecule has 1 amide bonds. The van der Waals surface area contributed by atoms with Crippen molar-refractivity contribution >= 4 is 11.6 Å². The van der Waals surface area contributed by atoms with Crippen LogP contribution in [0, 0.1) is 0 Å². The molecule has 3 N–H and O–H groups in total. The van der Waals surface area contributed by atoms with E-state index in [0.717, 1.165) is 5.75 Å². The standard InChI is InChI=1S/C13H16N4O2/c1-19-11-4-2-10(3-5-11)16-13(18)12-8-17(7-6-14)9-15-12/h2-5,8-9H,6-7,14H2,1H3,(H,16,18). The molecular formula is C13H16N4O2. The molecule has 0 bridgehead atoms. The maximum absolute atomic E-state index is 11.9. The summed E-state index contributed by atoms with van der Waals surface area (Å²) in [6.07, 6.45) is 3.27. The first kappa shape index (κ1) is 13.1. The molecule has 0 saturated carbocycles. The third-order valence-electron chi connectivity index (χ3n) is 2.60. The number of hydrogen-bond acceptors (Lipinski definition) is 4. The lowest BCUT2D eigenvalue weighted by molar-refractivity contribution is 0.102. The molecule has 0 saturated heterocycles. The van der Waals surface area contributed by atoms with E-state index in [4.69, 9.17) is 10.5 Å². The Balaban J connectivity index is 2.02. The summed E-state index contributed by atoms with van der Waals surface area (Å²) in [7, 11) is 1.59. The first-order valence-electron chi connectivity index (χ1n) is 5.90. The van der Waals surface area contributed by atoms with Crippen molar-refractivity contribution in [1.29, 1.82) is 0 Å². The van der Waals surface area contributed by atoms with Crippen molar-refractivity contribution < 1.29 is 9.53 Å². The summed E-state index contributed by atoms with van der Waals surface area (Å²) >= 11 is 0. The smallest absolute Gasteiger partial charge is 0.275 e. The van der Waals surface area contributed by atoms with Crippen molar-refractivity contribution in [1.82, 2.24) is 9.55 Å². The van der Waals surface area contributed by atoms with E-state index in [0.29, 0.717) is 24.5 Å². The van der Waals surface area contributed by atoms with Gasteiger partial charge in [0.2, 0.25) is 0 Å². The number of nitrogens with two attached hydrogens (primary N) is 1. The van der Waals surface area contributed by atoms with Gasteiger partial charge in [0.15, 0.2) is 0 Å². The molecule has 0 aliphatic heterocycles. The fraction of sp³-hybridized carbons (Fsp3) is 0.231. The van der Waals surface area contributed by atoms with Gasteiger partial charge in [-0.05, 0) is 24.3 Å². The predicted octanol–water partition coefficient (Wildman–Crippen LogP) is 1.10. The Kier molecular flexibility index (Phi) is 4.15. The minimum absolute atomic E-state index is 0.249. The van der Waals surface area contributed by atoms with E-state index in [1.165, 1.54) is 0 Å². The van der Waals surface area contributed by atoms with Gasteiger partial charge in [-0.15, -0.1) is 0 Å². The van der Waals surface area contributed by atoms with Crippen molar-refractivity contribution in [3.63, 3.8) is 0 Å². The average Bonchev–Trinajstić information content (AvgIpc) is 2.89. The van der Waals surface area contributed by atoms with Gasteiger partial charge in [-0.1, -0.05) is 0 Å². The number of imidazole rings is 1. The van der Waals surface area contributed by atoms with Gasteiger partial charge in [-0.2, -0.15) is 0 Å². The van der Waals surface area contributed by atoms with Crippen LogP contribution < -0.4 is 15.8 Å². The molecule has 0 aliphatic carbocycles. The number of carbonyl (C=O) groups is 1. The van der Waals surface area contributed by atoms with Gasteiger partial charge >= 0.3 is 0 Å². The van der Waals surface area contributed by atoms with Crippen LogP contribution in [0.3, 0.4) is 0 Å². The van der Waals surface area contributed by atoms with Crippen molar-refractivity contribution in [3.8, 4) is 5.75 Å². The highest BCUT2D eigenvalue weighted by atomic mass is 16.5. The van der Waals surface area contributed by atoms with Crippen LogP contribution in [-0.4, -0.2) is 29.1 Å². The highest BCUT2D eigenvalue weighted by Gasteiger charge is 2.09. The summed E-state index contributed by atoms with van der Waals surface area (Å²) in [6, 6.07) is 7.10. The van der Waals surface area contributed by atoms with Crippen LogP contribution in [0.4, 0.5) is 5.69 Å². The Morgan fingerprint density at radius 2 is 2.16 bits per heavy atom. The zero-order chi connectivity index (χ0) is 13.7. The van der Waals surface area contributed by atoms with Crippen molar-refractivity contribution in [3.05, 3.63) is 42.5 Å². The van der Waals surface area contributed by atoms with Gasteiger partial charge in [-0.25, -0.2) is 4.98 Å². The highest BCUT2D eigenvalue weighted by molar-refractivity contribution is 6.02. The van der Waals surface area contributed by atoms with Crippen LogP contribution in [0.5, 0.6) is 5.75 Å². The predicted molar refractivity (Wildman–Crippen MR) is 72.2 cm³/mol. The lowest BCUT2D eigenvalue weighted by Crippen LogP contribution is -2.12. The topological polar surface area (TPSA) is 82.2 Å². The molecule has 1 heterocycles. The Hall–Kier alpha value is -2.34. The molecular weight excluding hydrogens is 244 g/mol. The summed E-state index contributed by atoms with van der Waals surface area (Å²) in [4.78, 5) is 16.0. The van der Waals surface area contributed by atoms with E-state index in [1.54, 1.807) is 48.5 Å². The number of hydrogen-bond donors (Lipinski definition) is 2. The second kappa shape index (κ2) is 6.01. The SMILES string of the molecule is COc1ccc(NC(=O)c2cn(CCN)cn2)cc1. The molecule has 0 unspecified atom stereocenters. The van der Waals surface area contributed by atoms with Gasteiger partial charge in [0.1, 0.15) is 11.4 Å². The highest BCUT2D eigenvalue weighted by Crippen LogP contribution is 2.15. The Labute approximate surface area is 111 Å². The summed E-state index contributed by atoms with van der Waals surface area (Å²) in [5, 5.41) is 2.76. The van der Waals surface area contributed by atoms with Crippen LogP contribution in [0.1, 0.15) is 10.5 Å². The van der Waals surface area contributed by atoms with E-state index in [1.807, 2.05) is 0 Å². The molecule has 0 spiro atoms. The van der Waals surface area contributed by atoms with Crippen LogP contribution in [-0.2, 0) is 6.54 Å². The molecule has 100 valence electrons. The van der Waals surface area contributed by atoms with Crippen LogP contribution >= 0.6 is 0 Å². The van der Waals surface area contributed by atoms with E-state index in [9.17, 15) is 4.79 Å². The first-order valence-corrected chi connectivity index (χ1v) is 5.90. The number of anilines is 1. The van der Waals surface area contributed by atoms with Gasteiger partial charge in [0.25, 0.3) is 5.91 Å². The van der Waals surface area contributed by atoms with E-state index in [-0.39, 0.29) is 5.91 Å². The number of aromatic nitrogens is 2. The summed E-state index contributed by atoms with van der Waals surface area (Å²) in [5.74, 6) is 0.492. The number of carbonyl (C=O) groups excluding carboxylic acids is 1. The number of amides is 1. The zero-order valence-corrected chi connectivity index (χ0v) is 10.7. The molecule has 1 aromatic heterocycles. The van der Waals surface area contributed by atoms with E-state index < -0.39 is 0 Å². The second-order valence-corrected chi connectivity index (χ2v) is 3.97. The third kappa shape index (κ3) is 3.32. The van der Waals surface area contributed by atoms with Gasteiger partial charge < -0.3 is 20.4 Å². The molecule has 6 heteroatoms. The summed E-state index contributed by atoms with van der Waals surface area (Å²) < 4.78 is 6.83. The minimum Gasteiger partial charge on any atom is -0.497 e. The molecule has 0 aliphatic rings. The Morgan fingerprint density at radius 1 is 1.42 bits per heavy atom. The normalized spacial score (nSPS) is 10.2. The quantitative estimate of drug-likeness (QED) is 0.843. The number of nitrogens with zero attached hydrogens (tertiary/aromatic N) is 2. The van der Waals surface area contributed by atoms with E-state index >= 15 is 0 Å². The fourth-order valence-electron chi connectivity index (χ4n) is 1.62. The van der Waals surface area contributed by atoms with Gasteiger partial charge in [0, 0.05) is 25.0 Å². The number of ether oxygens (including phenoxy) is 1. The molecule has 2 rings (SSSR count). The molecule has 0 radical (unpaired) electrons. The maximum atomic E-state index is 11.9. The van der Waals surface area contributed by atoms with Crippen LogP contribution in [0.15, 0.2) is 36.8 Å². The Bertz CT molecular complexity index is 548. The summed E-state index contributed by atoms with van der Waals surface area (Å²) in [5.41, 5.74) is 6.49. The lowest BCUT2D eigenvalue weighted by Gasteiger charge is -2.04. The van der Waals surface area contributed by atoms with Crippen molar-refractivity contribution in [2.45, 2.75) is 6.54 Å². The molecule has 19 heavy (non-hydrogen) atoms. The largest absolute Gasteiger partial charge is 0.497 e. The molecule has 0 atom stereocenters. The lowest BCUT2D eigenvalue weighted by atomic mass is 10.3. The van der Waals surface area contributed by atoms with Gasteiger partial charge in [0.05, 0.1) is 13.4 Å². The summed E-state index contributed by atoms with van der Waals surface area (Å²) in [6.45, 7) is 1.15. The monoisotopic (exact) mass is 260 g/mol. The molecule has 6 nitrogen and oxygen atoms in total. The minimum atomic E-state index is -0.249. The van der Waals surface area contributed by atoms with Crippen molar-refractivity contribution in [2.24, 2.45) is 5.73 Å². The first-order chi connectivity index (χ1) is 9.22. The maximum Gasteiger partial charge on any atom is 0.275 e. The number of rotatable bonds is 5. The number of methoxy groups -OCH3 is 1. The number of nitrogens with one attached hydrogen (secondary N) is 1. The van der Waals surface area contributed by atoms with Crippen molar-refractivity contribution in [2.75, 3.05) is 19.0 Å². The van der Waals surface area contributed by atoms with Gasteiger partial charge in [-0.3, -0.25) is 4.79 Å². The molecule has 0 fully saturated rings. The zero-order valence-electron chi connectivity index (χ0n) is 10.7. The average molecular weight is 260 g/mol. The molecule has 1 aromatic carbocycles. The number of benzene rings is 1. The third-order valence-corrected chi connectivity index (χ3v) is 2.60. The van der Waals surface area contributed by atoms with Crippen LogP contribution in [0.2, 0.25) is 0 Å². The Morgan fingerprint density at radius 3 is 2.79 bits per heavy atom. The van der Waals surface area contributed by atoms with Crippen LogP contribution in [0.25, 0.3) is 0 Å².